The Morgan fingerprint density at radius 1 is 1.23 bits per heavy atom. The van der Waals surface area contributed by atoms with Gasteiger partial charge < -0.3 is 10.1 Å². The number of hydrogen-bond donors (Lipinski definition) is 1. The Morgan fingerprint density at radius 2 is 1.94 bits per heavy atom. The average Bonchev–Trinajstić information content (AvgIpc) is 2.76. The number of morpholine rings is 1. The van der Waals surface area contributed by atoms with Crippen LogP contribution in [0.25, 0.3) is 11.0 Å². The van der Waals surface area contributed by atoms with Crippen LogP contribution in [0.15, 0.2) is 21.5 Å². The zero-order valence-corrected chi connectivity index (χ0v) is 19.9. The van der Waals surface area contributed by atoms with Gasteiger partial charge in [-0.25, -0.2) is 4.98 Å². The Bertz CT molecular complexity index is 1010. The number of nitrogens with one attached hydrogen (secondary N) is 1. The number of fused-ring (bicyclic) bond motifs is 1. The van der Waals surface area contributed by atoms with E-state index in [4.69, 9.17) is 4.74 Å². The lowest BCUT2D eigenvalue weighted by Gasteiger charge is -2.28. The number of halogens is 1. The van der Waals surface area contributed by atoms with E-state index in [0.29, 0.717) is 36.9 Å². The van der Waals surface area contributed by atoms with Crippen LogP contribution in [0.1, 0.15) is 48.5 Å². The highest BCUT2D eigenvalue weighted by Crippen LogP contribution is 2.25. The molecule has 0 radical (unpaired) electrons. The van der Waals surface area contributed by atoms with Crippen molar-refractivity contribution in [1.29, 1.82) is 0 Å². The van der Waals surface area contributed by atoms with Gasteiger partial charge in [-0.15, -0.1) is 0 Å². The predicted molar refractivity (Wildman–Crippen MR) is 125 cm³/mol. The third kappa shape index (κ3) is 5.02. The van der Waals surface area contributed by atoms with Crippen LogP contribution in [0, 0.1) is 12.8 Å². The summed E-state index contributed by atoms with van der Waals surface area (Å²) in [7, 11) is 0. The minimum atomic E-state index is -0.260. The highest BCUT2D eigenvalue weighted by atomic mass is 79.9. The molecule has 0 aromatic carbocycles. The van der Waals surface area contributed by atoms with Crippen LogP contribution in [-0.4, -0.2) is 59.2 Å². The van der Waals surface area contributed by atoms with Crippen molar-refractivity contribution in [3.05, 3.63) is 38.2 Å². The molecule has 1 N–H and O–H groups in total. The molecule has 2 fully saturated rings. The number of pyridine rings is 2. The van der Waals surface area contributed by atoms with Crippen molar-refractivity contribution in [3.8, 4) is 0 Å². The summed E-state index contributed by atoms with van der Waals surface area (Å²) in [6, 6.07) is 2.09. The van der Waals surface area contributed by atoms with Gasteiger partial charge in [0.2, 0.25) is 0 Å². The summed E-state index contributed by atoms with van der Waals surface area (Å²) in [5.74, 6) is 0.445. The summed E-state index contributed by atoms with van der Waals surface area (Å²) in [6.07, 6.45) is 5.87. The number of amides is 1. The van der Waals surface area contributed by atoms with Gasteiger partial charge in [0.15, 0.2) is 0 Å². The van der Waals surface area contributed by atoms with Gasteiger partial charge in [0.05, 0.1) is 13.2 Å². The molecule has 1 saturated heterocycles. The SMILES string of the molecule is Cc1c(C(=O)NC2CCC(C)CC2)c(=O)n(CCN2CCOCC2)c2ncc(Br)cc12. The van der Waals surface area contributed by atoms with Crippen molar-refractivity contribution in [2.75, 3.05) is 32.8 Å². The second-order valence-electron chi connectivity index (χ2n) is 8.87. The van der Waals surface area contributed by atoms with Crippen molar-refractivity contribution < 1.29 is 9.53 Å². The molecule has 2 aliphatic rings. The van der Waals surface area contributed by atoms with Gasteiger partial charge in [0.1, 0.15) is 11.2 Å². The van der Waals surface area contributed by atoms with Crippen LogP contribution < -0.4 is 10.9 Å². The fraction of sp³-hybridized carbons (Fsp3) is 0.609. The summed E-state index contributed by atoms with van der Waals surface area (Å²) in [5, 5.41) is 3.97. The maximum atomic E-state index is 13.5. The van der Waals surface area contributed by atoms with Crippen molar-refractivity contribution in [3.63, 3.8) is 0 Å². The van der Waals surface area contributed by atoms with Crippen LogP contribution >= 0.6 is 15.9 Å². The topological polar surface area (TPSA) is 76.5 Å². The third-order valence-corrected chi connectivity index (χ3v) is 7.08. The monoisotopic (exact) mass is 490 g/mol. The number of carbonyl (C=O) groups is 1. The smallest absolute Gasteiger partial charge is 0.265 e. The molecular formula is C23H31BrN4O3. The second kappa shape index (κ2) is 9.79. The van der Waals surface area contributed by atoms with Gasteiger partial charge >= 0.3 is 0 Å². The molecule has 0 bridgehead atoms. The molecule has 3 heterocycles. The van der Waals surface area contributed by atoms with E-state index in [1.165, 1.54) is 0 Å². The minimum Gasteiger partial charge on any atom is -0.379 e. The first kappa shape index (κ1) is 22.4. The molecule has 1 aliphatic carbocycles. The lowest BCUT2D eigenvalue weighted by atomic mass is 9.87. The molecule has 1 amide bonds. The molecule has 8 heteroatoms. The molecule has 1 aliphatic heterocycles. The first-order chi connectivity index (χ1) is 14.9. The van der Waals surface area contributed by atoms with Gasteiger partial charge in [0.25, 0.3) is 11.5 Å². The van der Waals surface area contributed by atoms with Crippen molar-refractivity contribution in [2.45, 2.75) is 52.1 Å². The Kier molecular flexibility index (Phi) is 7.08. The third-order valence-electron chi connectivity index (χ3n) is 6.65. The number of aryl methyl sites for hydroxylation is 1. The number of carbonyl (C=O) groups excluding carboxylic acids is 1. The molecule has 4 rings (SSSR count). The molecule has 0 spiro atoms. The summed E-state index contributed by atoms with van der Waals surface area (Å²) < 4.78 is 7.92. The van der Waals surface area contributed by atoms with E-state index < -0.39 is 0 Å². The Hall–Kier alpha value is -1.77. The number of hydrogen-bond acceptors (Lipinski definition) is 5. The molecule has 2 aromatic heterocycles. The molecule has 7 nitrogen and oxygen atoms in total. The van der Waals surface area contributed by atoms with E-state index in [2.05, 4.69) is 38.1 Å². The fourth-order valence-electron chi connectivity index (χ4n) is 4.65. The van der Waals surface area contributed by atoms with Gasteiger partial charge in [-0.1, -0.05) is 6.92 Å². The molecule has 0 atom stereocenters. The molecule has 0 unspecified atom stereocenters. The Labute approximate surface area is 191 Å². The van der Waals surface area contributed by atoms with Crippen molar-refractivity contribution in [1.82, 2.24) is 19.8 Å². The van der Waals surface area contributed by atoms with Crippen molar-refractivity contribution in [2.24, 2.45) is 5.92 Å². The summed E-state index contributed by atoms with van der Waals surface area (Å²) in [6.45, 7) is 8.44. The molecule has 1 saturated carbocycles. The highest BCUT2D eigenvalue weighted by molar-refractivity contribution is 9.10. The Morgan fingerprint density at radius 3 is 2.65 bits per heavy atom. The number of ether oxygens (including phenoxy) is 1. The zero-order valence-electron chi connectivity index (χ0n) is 18.3. The zero-order chi connectivity index (χ0) is 22.0. The number of aromatic nitrogens is 2. The highest BCUT2D eigenvalue weighted by Gasteiger charge is 2.25. The van der Waals surface area contributed by atoms with Crippen LogP contribution in [0.4, 0.5) is 0 Å². The van der Waals surface area contributed by atoms with E-state index in [0.717, 1.165) is 55.2 Å². The van der Waals surface area contributed by atoms with Crippen LogP contribution in [0.3, 0.4) is 0 Å². The second-order valence-corrected chi connectivity index (χ2v) is 9.78. The summed E-state index contributed by atoms with van der Waals surface area (Å²) in [5.41, 5.74) is 1.31. The quantitative estimate of drug-likeness (QED) is 0.696. The largest absolute Gasteiger partial charge is 0.379 e. The standard InChI is InChI=1S/C23H31BrN4O3/c1-15-3-5-18(6-4-15)26-22(29)20-16(2)19-13-17(24)14-25-21(19)28(23(20)30)8-7-27-9-11-31-12-10-27/h13-15,18H,3-12H2,1-2H3,(H,26,29). The fourth-order valence-corrected chi connectivity index (χ4v) is 4.98. The summed E-state index contributed by atoms with van der Waals surface area (Å²) >= 11 is 3.49. The molecular weight excluding hydrogens is 460 g/mol. The van der Waals surface area contributed by atoms with E-state index in [1.54, 1.807) is 10.8 Å². The average molecular weight is 491 g/mol. The lowest BCUT2D eigenvalue weighted by molar-refractivity contribution is 0.0364. The lowest BCUT2D eigenvalue weighted by Crippen LogP contribution is -2.43. The van der Waals surface area contributed by atoms with E-state index >= 15 is 0 Å². The van der Waals surface area contributed by atoms with Crippen LogP contribution in [0.2, 0.25) is 0 Å². The van der Waals surface area contributed by atoms with E-state index in [9.17, 15) is 9.59 Å². The van der Waals surface area contributed by atoms with Gasteiger partial charge in [-0.3, -0.25) is 19.1 Å². The molecule has 31 heavy (non-hydrogen) atoms. The van der Waals surface area contributed by atoms with Gasteiger partial charge in [-0.05, 0) is 66.1 Å². The van der Waals surface area contributed by atoms with Gasteiger partial charge in [0, 0.05) is 48.3 Å². The first-order valence-corrected chi connectivity index (χ1v) is 12.0. The normalized spacial score (nSPS) is 22.5. The summed E-state index contributed by atoms with van der Waals surface area (Å²) in [4.78, 5) is 33.6. The maximum absolute atomic E-state index is 13.5. The number of nitrogens with zero attached hydrogens (tertiary/aromatic N) is 3. The number of rotatable bonds is 5. The first-order valence-electron chi connectivity index (χ1n) is 11.2. The molecule has 168 valence electrons. The Balaban J connectivity index is 1.67. The van der Waals surface area contributed by atoms with Crippen molar-refractivity contribution >= 4 is 32.9 Å². The minimum absolute atomic E-state index is 0.139. The maximum Gasteiger partial charge on any atom is 0.265 e. The predicted octanol–water partition coefficient (Wildman–Crippen LogP) is 3.11. The van der Waals surface area contributed by atoms with Gasteiger partial charge in [-0.2, -0.15) is 0 Å². The van der Waals surface area contributed by atoms with E-state index in [1.807, 2.05) is 13.0 Å². The molecule has 2 aromatic rings. The van der Waals surface area contributed by atoms with E-state index in [-0.39, 0.29) is 23.1 Å². The van der Waals surface area contributed by atoms with Crippen LogP contribution in [-0.2, 0) is 11.3 Å². The van der Waals surface area contributed by atoms with Crippen LogP contribution in [0.5, 0.6) is 0 Å².